The molecule has 17 heteroatoms. The molecule has 0 radical (unpaired) electrons. The number of alkyl halides is 10. The molecule has 0 bridgehead atoms. The van der Waals surface area contributed by atoms with Gasteiger partial charge < -0.3 is 10.2 Å². The first-order valence-electron chi connectivity index (χ1n) is 12.9. The minimum Gasteiger partial charge on any atom is -0.320 e. The van der Waals surface area contributed by atoms with E-state index in [-0.39, 0.29) is 29.7 Å². The first-order valence-corrected chi connectivity index (χ1v) is 13.7. The Morgan fingerprint density at radius 3 is 2.02 bits per heavy atom. The maximum absolute atomic E-state index is 15.9. The first kappa shape index (κ1) is 34.7. The number of rotatable bonds is 7. The van der Waals surface area contributed by atoms with E-state index in [1.54, 1.807) is 5.32 Å². The highest BCUT2D eigenvalue weighted by molar-refractivity contribution is 9.10. The molecule has 0 spiro atoms. The summed E-state index contributed by atoms with van der Waals surface area (Å²) in [5, 5.41) is 11.0. The average molecular weight is 728 g/mol. The van der Waals surface area contributed by atoms with Crippen molar-refractivity contribution in [1.82, 2.24) is 0 Å². The van der Waals surface area contributed by atoms with Crippen LogP contribution in [-0.4, -0.2) is 30.7 Å². The summed E-state index contributed by atoms with van der Waals surface area (Å²) >= 11 is 2.38. The number of hydrogen-bond acceptors (Lipinski definition) is 3. The van der Waals surface area contributed by atoms with Crippen LogP contribution in [0.2, 0.25) is 0 Å². The van der Waals surface area contributed by atoms with Gasteiger partial charge in [-0.15, -0.1) is 0 Å². The monoisotopic (exact) mass is 727 g/mol. The number of anilines is 2. The first-order chi connectivity index (χ1) is 21.2. The Hall–Kier alpha value is -4.20. The van der Waals surface area contributed by atoms with Crippen LogP contribution in [0.5, 0.6) is 0 Å². The number of carbonyl (C=O) groups is 2. The standard InChI is InChI=1S/C29H17BrF11N3O2/c30-20-11-16(26(32,28(36,37)38)29(39,40)41)10-19(27(33,34)35)23(20)43-24(45)18-6-3-7-21(22(18)31)44(13-14-8-9-14)25(46)17-5-2-1-4-15(17)12-42/h1-7,10-11,14H,8-9,13H2,(H,43,45). The van der Waals surface area contributed by atoms with Crippen molar-refractivity contribution in [2.75, 3.05) is 16.8 Å². The molecule has 0 heterocycles. The van der Waals surface area contributed by atoms with Gasteiger partial charge in [0.25, 0.3) is 11.8 Å². The lowest BCUT2D eigenvalue weighted by molar-refractivity contribution is -0.348. The molecular weight excluding hydrogens is 711 g/mol. The molecule has 1 N–H and O–H groups in total. The largest absolute Gasteiger partial charge is 0.435 e. The number of carbonyl (C=O) groups excluding carboxylic acids is 2. The van der Waals surface area contributed by atoms with Crippen LogP contribution in [0.3, 0.4) is 0 Å². The van der Waals surface area contributed by atoms with Gasteiger partial charge in [0, 0.05) is 16.6 Å². The van der Waals surface area contributed by atoms with Gasteiger partial charge >= 0.3 is 24.2 Å². The summed E-state index contributed by atoms with van der Waals surface area (Å²) in [5.74, 6) is -3.97. The van der Waals surface area contributed by atoms with Gasteiger partial charge in [-0.25, -0.2) is 8.78 Å². The Labute approximate surface area is 260 Å². The van der Waals surface area contributed by atoms with Gasteiger partial charge in [0.1, 0.15) is 0 Å². The van der Waals surface area contributed by atoms with Crippen LogP contribution >= 0.6 is 15.9 Å². The molecule has 4 rings (SSSR count). The molecule has 1 aliphatic rings. The molecule has 0 atom stereocenters. The molecule has 1 fully saturated rings. The van der Waals surface area contributed by atoms with Gasteiger partial charge in [0.15, 0.2) is 5.82 Å². The lowest BCUT2D eigenvalue weighted by atomic mass is 9.92. The Kier molecular flexibility index (Phi) is 9.19. The zero-order valence-electron chi connectivity index (χ0n) is 22.6. The van der Waals surface area contributed by atoms with Crippen molar-refractivity contribution in [1.29, 1.82) is 5.26 Å². The molecule has 1 aliphatic carbocycles. The van der Waals surface area contributed by atoms with E-state index in [0.717, 1.165) is 23.1 Å². The topological polar surface area (TPSA) is 73.2 Å². The van der Waals surface area contributed by atoms with Crippen molar-refractivity contribution in [3.8, 4) is 6.07 Å². The van der Waals surface area contributed by atoms with E-state index in [4.69, 9.17) is 0 Å². The van der Waals surface area contributed by atoms with Gasteiger partial charge in [0.05, 0.1) is 39.7 Å². The summed E-state index contributed by atoms with van der Waals surface area (Å²) in [7, 11) is 0. The van der Waals surface area contributed by atoms with E-state index in [0.29, 0.717) is 12.8 Å². The van der Waals surface area contributed by atoms with Gasteiger partial charge in [-0.2, -0.15) is 44.8 Å². The Morgan fingerprint density at radius 1 is 0.891 bits per heavy atom. The number of halogens is 12. The van der Waals surface area contributed by atoms with Crippen LogP contribution in [0.1, 0.15) is 50.2 Å². The molecule has 0 aromatic heterocycles. The van der Waals surface area contributed by atoms with Crippen molar-refractivity contribution in [3.05, 3.63) is 92.7 Å². The average Bonchev–Trinajstić information content (AvgIpc) is 3.78. The van der Waals surface area contributed by atoms with Crippen LogP contribution in [-0.2, 0) is 11.8 Å². The number of amides is 2. The smallest absolute Gasteiger partial charge is 0.320 e. The molecule has 0 saturated heterocycles. The van der Waals surface area contributed by atoms with Crippen LogP contribution in [0.25, 0.3) is 0 Å². The Balaban J connectivity index is 1.78. The molecule has 0 unspecified atom stereocenters. The minimum absolute atomic E-state index is 0.0519. The highest BCUT2D eigenvalue weighted by Crippen LogP contribution is 2.55. The summed E-state index contributed by atoms with van der Waals surface area (Å²) in [4.78, 5) is 27.5. The van der Waals surface area contributed by atoms with Crippen LogP contribution in [0.4, 0.5) is 59.7 Å². The number of nitrogens with zero attached hydrogens (tertiary/aromatic N) is 2. The van der Waals surface area contributed by atoms with Gasteiger partial charge in [-0.05, 0) is 71.1 Å². The third kappa shape index (κ3) is 6.53. The predicted molar refractivity (Wildman–Crippen MR) is 144 cm³/mol. The van der Waals surface area contributed by atoms with E-state index in [9.17, 15) is 58.8 Å². The molecule has 1 saturated carbocycles. The van der Waals surface area contributed by atoms with E-state index in [2.05, 4.69) is 15.9 Å². The maximum Gasteiger partial charge on any atom is 0.435 e. The molecule has 244 valence electrons. The van der Waals surface area contributed by atoms with Crippen molar-refractivity contribution in [2.24, 2.45) is 5.92 Å². The zero-order chi connectivity index (χ0) is 34.4. The van der Waals surface area contributed by atoms with Crippen molar-refractivity contribution >= 4 is 39.1 Å². The number of benzene rings is 3. The fraction of sp³-hybridized carbons (Fsp3) is 0.276. The summed E-state index contributed by atoms with van der Waals surface area (Å²) in [6.45, 7) is -0.0603. The summed E-state index contributed by atoms with van der Waals surface area (Å²) in [6.07, 6.45) is -17.9. The minimum atomic E-state index is -6.74. The molecular formula is C29H17BrF11N3O2. The summed E-state index contributed by atoms with van der Waals surface area (Å²) in [6, 6.07) is 9.36. The van der Waals surface area contributed by atoms with Gasteiger partial charge in [-0.1, -0.05) is 18.2 Å². The van der Waals surface area contributed by atoms with Crippen molar-refractivity contribution < 1.29 is 57.9 Å². The van der Waals surface area contributed by atoms with E-state index in [1.807, 2.05) is 6.07 Å². The summed E-state index contributed by atoms with van der Waals surface area (Å²) < 4.78 is 151. The molecule has 3 aromatic rings. The second-order valence-corrected chi connectivity index (χ2v) is 11.0. The fourth-order valence-corrected chi connectivity index (χ4v) is 5.05. The van der Waals surface area contributed by atoms with Gasteiger partial charge in [0.2, 0.25) is 0 Å². The van der Waals surface area contributed by atoms with E-state index in [1.165, 1.54) is 24.3 Å². The SMILES string of the molecule is N#Cc1ccccc1C(=O)N(CC1CC1)c1cccc(C(=O)Nc2c(Br)cc(C(F)(C(F)(F)F)C(F)(F)F)cc2C(F)(F)F)c1F. The molecule has 5 nitrogen and oxygen atoms in total. The highest BCUT2D eigenvalue weighted by atomic mass is 79.9. The Morgan fingerprint density at radius 2 is 1.48 bits per heavy atom. The van der Waals surface area contributed by atoms with Crippen LogP contribution < -0.4 is 10.2 Å². The predicted octanol–water partition coefficient (Wildman–Crippen LogP) is 9.08. The molecule has 46 heavy (non-hydrogen) atoms. The third-order valence-corrected chi connectivity index (χ3v) is 7.61. The van der Waals surface area contributed by atoms with Crippen molar-refractivity contribution in [3.63, 3.8) is 0 Å². The van der Waals surface area contributed by atoms with E-state index >= 15 is 4.39 Å². The maximum atomic E-state index is 15.9. The summed E-state index contributed by atoms with van der Waals surface area (Å²) in [5.41, 5.74) is -14.1. The molecule has 3 aromatic carbocycles. The zero-order valence-corrected chi connectivity index (χ0v) is 24.2. The normalized spacial score (nSPS) is 14.1. The third-order valence-electron chi connectivity index (χ3n) is 6.99. The fourth-order valence-electron chi connectivity index (χ4n) is 4.49. The van der Waals surface area contributed by atoms with Gasteiger partial charge in [-0.3, -0.25) is 9.59 Å². The second kappa shape index (κ2) is 12.2. The number of hydrogen-bond donors (Lipinski definition) is 1. The molecule has 0 aliphatic heterocycles. The van der Waals surface area contributed by atoms with E-state index < -0.39 is 80.4 Å². The van der Waals surface area contributed by atoms with Crippen LogP contribution in [0, 0.1) is 23.1 Å². The molecule has 2 amide bonds. The second-order valence-electron chi connectivity index (χ2n) is 10.1. The quantitative estimate of drug-likeness (QED) is 0.247. The van der Waals surface area contributed by atoms with Crippen LogP contribution in [0.15, 0.2) is 59.1 Å². The van der Waals surface area contributed by atoms with Crippen molar-refractivity contribution in [2.45, 2.75) is 37.0 Å². The highest BCUT2D eigenvalue weighted by Gasteiger charge is 2.73. The number of nitrogens with one attached hydrogen (secondary N) is 1. The number of nitriles is 1. The lowest BCUT2D eigenvalue weighted by Gasteiger charge is -2.31. The Bertz CT molecular complexity index is 1710. The lowest BCUT2D eigenvalue weighted by Crippen LogP contribution is -2.50.